The van der Waals surface area contributed by atoms with Gasteiger partial charge in [-0.25, -0.2) is 4.79 Å². The highest BCUT2D eigenvalue weighted by Crippen LogP contribution is 2.30. The molecule has 2 aromatic carbocycles. The van der Waals surface area contributed by atoms with E-state index >= 15 is 0 Å². The third-order valence-electron chi connectivity index (χ3n) is 4.39. The number of nitrogens with zero attached hydrogens (tertiary/aromatic N) is 1. The van der Waals surface area contributed by atoms with Crippen LogP contribution >= 0.6 is 0 Å². The van der Waals surface area contributed by atoms with Crippen molar-refractivity contribution in [1.29, 1.82) is 0 Å². The number of hydrogen-bond donors (Lipinski definition) is 1. The van der Waals surface area contributed by atoms with Crippen molar-refractivity contribution in [1.82, 2.24) is 0 Å². The van der Waals surface area contributed by atoms with E-state index in [-0.39, 0.29) is 11.4 Å². The average Bonchev–Trinajstić information content (AvgIpc) is 2.56. The molecule has 142 valence electrons. The number of nitrogens with one attached hydrogen (secondary N) is 1. The lowest BCUT2D eigenvalue weighted by Crippen LogP contribution is -2.22. The van der Waals surface area contributed by atoms with Crippen molar-refractivity contribution in [2.45, 2.75) is 34.6 Å². The van der Waals surface area contributed by atoms with Gasteiger partial charge in [0.2, 0.25) is 0 Å². The highest BCUT2D eigenvalue weighted by Gasteiger charge is 2.21. The van der Waals surface area contributed by atoms with Crippen LogP contribution in [0.4, 0.5) is 11.4 Å². The Bertz CT molecular complexity index is 911. The van der Waals surface area contributed by atoms with Crippen LogP contribution in [-0.2, 0) is 9.53 Å². The number of nitro benzene ring substituents is 1. The van der Waals surface area contributed by atoms with Crippen LogP contribution in [0.5, 0.6) is 0 Å². The molecule has 27 heavy (non-hydrogen) atoms. The smallest absolute Gasteiger partial charge is 0.339 e. The summed E-state index contributed by atoms with van der Waals surface area (Å²) >= 11 is 0. The van der Waals surface area contributed by atoms with Gasteiger partial charge in [0, 0.05) is 6.07 Å². The molecule has 1 N–H and O–H groups in total. The fourth-order valence-corrected chi connectivity index (χ4v) is 2.99. The van der Waals surface area contributed by atoms with E-state index in [2.05, 4.69) is 5.32 Å². The topological polar surface area (TPSA) is 98.5 Å². The Hall–Kier alpha value is -3.22. The lowest BCUT2D eigenvalue weighted by molar-refractivity contribution is -0.384. The molecular weight excluding hydrogens is 348 g/mol. The highest BCUT2D eigenvalue weighted by atomic mass is 16.6. The van der Waals surface area contributed by atoms with E-state index in [0.29, 0.717) is 11.1 Å². The summed E-state index contributed by atoms with van der Waals surface area (Å²) in [7, 11) is 0. The zero-order chi connectivity index (χ0) is 20.3. The van der Waals surface area contributed by atoms with Crippen LogP contribution < -0.4 is 5.32 Å². The van der Waals surface area contributed by atoms with Gasteiger partial charge < -0.3 is 10.1 Å². The lowest BCUT2D eigenvalue weighted by atomic mass is 10.00. The van der Waals surface area contributed by atoms with Crippen LogP contribution in [0.3, 0.4) is 0 Å². The molecule has 0 bridgehead atoms. The number of benzene rings is 2. The van der Waals surface area contributed by atoms with Gasteiger partial charge in [0.1, 0.15) is 5.69 Å². The summed E-state index contributed by atoms with van der Waals surface area (Å²) in [6.07, 6.45) is 0. The minimum Gasteiger partial charge on any atom is -0.452 e. The number of anilines is 1. The molecule has 0 aliphatic carbocycles. The van der Waals surface area contributed by atoms with Gasteiger partial charge >= 0.3 is 5.97 Å². The van der Waals surface area contributed by atoms with Crippen LogP contribution in [0, 0.1) is 44.7 Å². The first-order chi connectivity index (χ1) is 12.6. The van der Waals surface area contributed by atoms with Crippen molar-refractivity contribution in [3.8, 4) is 0 Å². The van der Waals surface area contributed by atoms with Crippen molar-refractivity contribution < 1.29 is 19.2 Å². The summed E-state index contributed by atoms with van der Waals surface area (Å²) in [5.74, 6) is -1.24. The normalized spacial score (nSPS) is 10.4. The first-order valence-corrected chi connectivity index (χ1v) is 8.41. The minimum atomic E-state index is -0.637. The largest absolute Gasteiger partial charge is 0.452 e. The molecule has 0 spiro atoms. The van der Waals surface area contributed by atoms with Crippen molar-refractivity contribution in [2.75, 3.05) is 11.9 Å². The zero-order valence-corrected chi connectivity index (χ0v) is 16.0. The second kappa shape index (κ2) is 7.99. The number of hydrogen-bond acceptors (Lipinski definition) is 5. The number of amides is 1. The molecule has 0 saturated heterocycles. The van der Waals surface area contributed by atoms with Gasteiger partial charge in [0.15, 0.2) is 6.61 Å². The van der Waals surface area contributed by atoms with E-state index in [1.54, 1.807) is 33.8 Å². The van der Waals surface area contributed by atoms with Crippen LogP contribution in [0.15, 0.2) is 24.3 Å². The molecule has 1 amide bonds. The summed E-state index contributed by atoms with van der Waals surface area (Å²) in [5.41, 5.74) is 4.29. The number of nitro groups is 1. The average molecular weight is 370 g/mol. The predicted molar refractivity (Wildman–Crippen MR) is 102 cm³/mol. The molecule has 0 radical (unpaired) electrons. The van der Waals surface area contributed by atoms with Gasteiger partial charge in [0.25, 0.3) is 11.6 Å². The molecule has 2 rings (SSSR count). The molecule has 0 fully saturated rings. The summed E-state index contributed by atoms with van der Waals surface area (Å²) in [6, 6.07) is 6.68. The van der Waals surface area contributed by atoms with Crippen molar-refractivity contribution in [3.05, 3.63) is 67.8 Å². The molecular formula is C20H22N2O5. The molecule has 0 heterocycles. The molecule has 7 heteroatoms. The number of aryl methyl sites for hydroxylation is 4. The number of rotatable bonds is 5. The summed E-state index contributed by atoms with van der Waals surface area (Å²) in [4.78, 5) is 35.2. The Morgan fingerprint density at radius 1 is 1.04 bits per heavy atom. The first kappa shape index (κ1) is 20.1. The second-order valence-electron chi connectivity index (χ2n) is 6.56. The number of ether oxygens (including phenoxy) is 1. The van der Waals surface area contributed by atoms with Crippen molar-refractivity contribution >= 4 is 23.3 Å². The summed E-state index contributed by atoms with van der Waals surface area (Å²) in [5, 5.41) is 13.7. The van der Waals surface area contributed by atoms with Gasteiger partial charge in [0.05, 0.1) is 10.5 Å². The zero-order valence-electron chi connectivity index (χ0n) is 16.0. The third kappa shape index (κ3) is 4.49. The second-order valence-corrected chi connectivity index (χ2v) is 6.56. The maximum Gasteiger partial charge on any atom is 0.339 e. The van der Waals surface area contributed by atoms with Gasteiger partial charge in [-0.15, -0.1) is 0 Å². The van der Waals surface area contributed by atoms with E-state index in [0.717, 1.165) is 22.3 Å². The Balaban J connectivity index is 2.13. The number of esters is 1. The maximum atomic E-state index is 12.3. The van der Waals surface area contributed by atoms with Crippen molar-refractivity contribution in [2.24, 2.45) is 0 Å². The van der Waals surface area contributed by atoms with E-state index in [1.165, 1.54) is 6.07 Å². The Labute approximate surface area is 157 Å². The summed E-state index contributed by atoms with van der Waals surface area (Å²) < 4.78 is 5.11. The van der Waals surface area contributed by atoms with E-state index in [4.69, 9.17) is 4.74 Å². The van der Waals surface area contributed by atoms with Gasteiger partial charge in [-0.2, -0.15) is 0 Å². The van der Waals surface area contributed by atoms with Gasteiger partial charge in [-0.3, -0.25) is 14.9 Å². The summed E-state index contributed by atoms with van der Waals surface area (Å²) in [6.45, 7) is 8.47. The molecule has 0 atom stereocenters. The van der Waals surface area contributed by atoms with E-state index in [9.17, 15) is 19.7 Å². The highest BCUT2D eigenvalue weighted by molar-refractivity contribution is 5.98. The van der Waals surface area contributed by atoms with Gasteiger partial charge in [-0.05, 0) is 56.9 Å². The fraction of sp³-hybridized carbons (Fsp3) is 0.300. The molecule has 0 saturated carbocycles. The molecule has 0 aromatic heterocycles. The van der Waals surface area contributed by atoms with Gasteiger partial charge in [-0.1, -0.05) is 23.8 Å². The standard InChI is InChI=1S/C20H22N2O5/c1-11-8-13(3)18(14(4)9-11)20(24)27-10-17(23)21-19-15(5)12(2)6-7-16(19)22(25)26/h6-9H,10H2,1-5H3,(H,21,23). The lowest BCUT2D eigenvalue weighted by Gasteiger charge is -2.13. The van der Waals surface area contributed by atoms with E-state index < -0.39 is 23.4 Å². The fourth-order valence-electron chi connectivity index (χ4n) is 2.99. The monoisotopic (exact) mass is 370 g/mol. The van der Waals surface area contributed by atoms with Crippen LogP contribution in [0.1, 0.15) is 38.2 Å². The minimum absolute atomic E-state index is 0.115. The number of carbonyl (C=O) groups is 2. The van der Waals surface area contributed by atoms with E-state index in [1.807, 2.05) is 19.1 Å². The molecule has 0 aliphatic heterocycles. The molecule has 0 aliphatic rings. The van der Waals surface area contributed by atoms with Crippen LogP contribution in [0.2, 0.25) is 0 Å². The molecule has 7 nitrogen and oxygen atoms in total. The Morgan fingerprint density at radius 2 is 1.63 bits per heavy atom. The molecule has 2 aromatic rings. The van der Waals surface area contributed by atoms with Crippen molar-refractivity contribution in [3.63, 3.8) is 0 Å². The predicted octanol–water partition coefficient (Wildman–Crippen LogP) is 3.93. The Morgan fingerprint density at radius 3 is 2.19 bits per heavy atom. The Kier molecular flexibility index (Phi) is 5.95. The third-order valence-corrected chi connectivity index (χ3v) is 4.39. The molecule has 0 unspecified atom stereocenters. The maximum absolute atomic E-state index is 12.3. The van der Waals surface area contributed by atoms with Crippen LogP contribution in [0.25, 0.3) is 0 Å². The number of carbonyl (C=O) groups excluding carboxylic acids is 2. The first-order valence-electron chi connectivity index (χ1n) is 8.41. The quantitative estimate of drug-likeness (QED) is 0.488. The van der Waals surface area contributed by atoms with Crippen LogP contribution in [-0.4, -0.2) is 23.4 Å². The SMILES string of the molecule is Cc1cc(C)c(C(=O)OCC(=O)Nc2c([N+](=O)[O-])ccc(C)c2C)c(C)c1.